The van der Waals surface area contributed by atoms with Gasteiger partial charge in [-0.2, -0.15) is 4.40 Å². The molecule has 4 rings (SSSR count). The van der Waals surface area contributed by atoms with Gasteiger partial charge in [-0.1, -0.05) is 35.0 Å². The van der Waals surface area contributed by atoms with Crippen molar-refractivity contribution in [2.45, 2.75) is 6.10 Å². The summed E-state index contributed by atoms with van der Waals surface area (Å²) in [5.74, 6) is 0. The summed E-state index contributed by atoms with van der Waals surface area (Å²) in [5.41, 5.74) is 2.75. The quantitative estimate of drug-likeness (QED) is 0.566. The number of H-pyrrole nitrogens is 1. The lowest BCUT2D eigenvalue weighted by molar-refractivity contribution is -0.525. The number of para-hydroxylation sites is 1. The predicted molar refractivity (Wildman–Crippen MR) is 84.4 cm³/mol. The molecule has 23 heavy (non-hydrogen) atoms. The Bertz CT molecular complexity index is 963. The van der Waals surface area contributed by atoms with Crippen molar-refractivity contribution in [1.82, 2.24) is 20.0 Å². The molecular formula is C16H13ClN5O+. The molecule has 0 spiro atoms. The molecule has 3 heterocycles. The number of nitrogens with zero attached hydrogens (tertiary/aromatic N) is 4. The van der Waals surface area contributed by atoms with Crippen LogP contribution < -0.4 is 4.40 Å². The van der Waals surface area contributed by atoms with Crippen LogP contribution in [0.15, 0.2) is 61.2 Å². The van der Waals surface area contributed by atoms with Gasteiger partial charge in [0, 0.05) is 0 Å². The molecule has 0 aliphatic carbocycles. The summed E-state index contributed by atoms with van der Waals surface area (Å²) in [5, 5.41) is 19.3. The fourth-order valence-electron chi connectivity index (χ4n) is 2.55. The maximum atomic E-state index is 10.7. The number of hydrogen-bond acceptors (Lipinski definition) is 3. The van der Waals surface area contributed by atoms with E-state index in [1.165, 1.54) is 0 Å². The van der Waals surface area contributed by atoms with Crippen LogP contribution in [0.5, 0.6) is 0 Å². The number of aliphatic hydroxyl groups excluding tert-OH is 1. The van der Waals surface area contributed by atoms with E-state index in [-0.39, 0.29) is 0 Å². The minimum Gasteiger partial charge on any atom is -0.378 e. The summed E-state index contributed by atoms with van der Waals surface area (Å²) in [6.45, 7) is 0. The number of imidazole rings is 1. The molecule has 0 unspecified atom stereocenters. The summed E-state index contributed by atoms with van der Waals surface area (Å²) in [4.78, 5) is 2.99. The van der Waals surface area contributed by atoms with Gasteiger partial charge in [0.2, 0.25) is 6.33 Å². The van der Waals surface area contributed by atoms with E-state index >= 15 is 0 Å². The first-order chi connectivity index (χ1) is 11.2. The normalized spacial score (nSPS) is 12.6. The van der Waals surface area contributed by atoms with Crippen LogP contribution in [0.4, 0.5) is 0 Å². The van der Waals surface area contributed by atoms with Gasteiger partial charge < -0.3 is 5.11 Å². The van der Waals surface area contributed by atoms with E-state index in [4.69, 9.17) is 11.6 Å². The zero-order chi connectivity index (χ0) is 15.8. The third kappa shape index (κ3) is 2.38. The van der Waals surface area contributed by atoms with E-state index in [0.29, 0.717) is 16.4 Å². The summed E-state index contributed by atoms with van der Waals surface area (Å²) in [6.07, 6.45) is 4.28. The van der Waals surface area contributed by atoms with Gasteiger partial charge in [-0.3, -0.25) is 0 Å². The van der Waals surface area contributed by atoms with Gasteiger partial charge in [-0.15, -0.1) is 5.10 Å². The summed E-state index contributed by atoms with van der Waals surface area (Å²) in [7, 11) is 0. The monoisotopic (exact) mass is 326 g/mol. The van der Waals surface area contributed by atoms with Crippen molar-refractivity contribution >= 4 is 17.1 Å². The van der Waals surface area contributed by atoms with Crippen LogP contribution in [-0.2, 0) is 0 Å². The van der Waals surface area contributed by atoms with Crippen LogP contribution in [0, 0.1) is 0 Å². The van der Waals surface area contributed by atoms with E-state index in [2.05, 4.69) is 15.3 Å². The van der Waals surface area contributed by atoms with Crippen LogP contribution in [0.25, 0.3) is 11.2 Å². The second-order valence-corrected chi connectivity index (χ2v) is 5.53. The van der Waals surface area contributed by atoms with E-state index in [1.807, 2.05) is 42.6 Å². The molecule has 0 fully saturated rings. The Morgan fingerprint density at radius 1 is 1.17 bits per heavy atom. The molecule has 2 N–H and O–H groups in total. The lowest BCUT2D eigenvalue weighted by Crippen LogP contribution is -2.28. The standard InChI is InChI=1S/C16H12ClN5O/c17-13-7-6-12-8-18-10-21(12)15(13)16(23)14-9-22(20-19-14)11-4-2-1-3-5-11/h1-10,16,23H/p+1/t16-/m0/s1. The maximum Gasteiger partial charge on any atom is 0.247 e. The fraction of sp³-hybridized carbons (Fsp3) is 0.0625. The number of aromatic amines is 1. The molecule has 6 nitrogen and oxygen atoms in total. The van der Waals surface area contributed by atoms with Crippen molar-refractivity contribution in [3.63, 3.8) is 0 Å². The molecule has 1 aromatic carbocycles. The van der Waals surface area contributed by atoms with Gasteiger partial charge >= 0.3 is 0 Å². The molecular weight excluding hydrogens is 314 g/mol. The molecule has 4 aromatic rings. The van der Waals surface area contributed by atoms with E-state index in [1.54, 1.807) is 27.7 Å². The highest BCUT2D eigenvalue weighted by molar-refractivity contribution is 6.31. The predicted octanol–water partition coefficient (Wildman–Crippen LogP) is 2.07. The van der Waals surface area contributed by atoms with Crippen molar-refractivity contribution in [3.8, 4) is 5.69 Å². The van der Waals surface area contributed by atoms with Gasteiger partial charge in [-0.05, 0) is 24.3 Å². The number of pyridine rings is 1. The average Bonchev–Trinajstić information content (AvgIpc) is 3.24. The number of fused-ring (bicyclic) bond motifs is 1. The Hall–Kier alpha value is -2.70. The summed E-state index contributed by atoms with van der Waals surface area (Å²) >= 11 is 6.28. The smallest absolute Gasteiger partial charge is 0.247 e. The van der Waals surface area contributed by atoms with Crippen LogP contribution in [0.2, 0.25) is 5.02 Å². The van der Waals surface area contributed by atoms with Gasteiger partial charge in [0.15, 0.2) is 17.3 Å². The minimum atomic E-state index is -0.982. The number of aromatic nitrogens is 5. The van der Waals surface area contributed by atoms with Gasteiger partial charge in [0.1, 0.15) is 11.9 Å². The topological polar surface area (TPSA) is 70.8 Å². The highest BCUT2D eigenvalue weighted by Crippen LogP contribution is 2.25. The van der Waals surface area contributed by atoms with E-state index < -0.39 is 6.10 Å². The minimum absolute atomic E-state index is 0.428. The highest BCUT2D eigenvalue weighted by Gasteiger charge is 2.24. The molecule has 7 heteroatoms. The second kappa shape index (κ2) is 5.49. The molecule has 114 valence electrons. The first-order valence-corrected chi connectivity index (χ1v) is 7.44. The zero-order valence-electron chi connectivity index (χ0n) is 12.0. The molecule has 3 aromatic heterocycles. The lowest BCUT2D eigenvalue weighted by atomic mass is 10.1. The third-order valence-electron chi connectivity index (χ3n) is 3.69. The third-order valence-corrected chi connectivity index (χ3v) is 4.01. The van der Waals surface area contributed by atoms with Crippen molar-refractivity contribution in [2.24, 2.45) is 0 Å². The largest absolute Gasteiger partial charge is 0.378 e. The van der Waals surface area contributed by atoms with Crippen LogP contribution in [0.3, 0.4) is 0 Å². The van der Waals surface area contributed by atoms with Gasteiger partial charge in [0.25, 0.3) is 0 Å². The Balaban J connectivity index is 1.77. The SMILES string of the molecule is O[C@@H](c1cn(-c2ccccc2)nn1)c1c(Cl)ccc2c[nH]c[n+]12. The first kappa shape index (κ1) is 13.9. The van der Waals surface area contributed by atoms with Crippen molar-refractivity contribution in [1.29, 1.82) is 0 Å². The summed E-state index contributed by atoms with van der Waals surface area (Å²) in [6, 6.07) is 13.2. The number of rotatable bonds is 3. The average molecular weight is 327 g/mol. The van der Waals surface area contributed by atoms with Crippen LogP contribution >= 0.6 is 11.6 Å². The van der Waals surface area contributed by atoms with E-state index in [9.17, 15) is 5.11 Å². The Labute approximate surface area is 136 Å². The molecule has 0 bridgehead atoms. The number of aliphatic hydroxyl groups is 1. The van der Waals surface area contributed by atoms with E-state index in [0.717, 1.165) is 11.2 Å². The number of nitrogens with one attached hydrogen (secondary N) is 1. The molecule has 0 amide bonds. The number of hydrogen-bond donors (Lipinski definition) is 2. The number of benzene rings is 1. The lowest BCUT2D eigenvalue weighted by Gasteiger charge is -2.08. The van der Waals surface area contributed by atoms with Crippen molar-refractivity contribution in [2.75, 3.05) is 0 Å². The van der Waals surface area contributed by atoms with Crippen LogP contribution in [-0.4, -0.2) is 25.1 Å². The molecule has 1 atom stereocenters. The fourth-order valence-corrected chi connectivity index (χ4v) is 2.81. The first-order valence-electron chi connectivity index (χ1n) is 7.06. The molecule has 0 saturated carbocycles. The zero-order valence-corrected chi connectivity index (χ0v) is 12.7. The van der Waals surface area contributed by atoms with Gasteiger partial charge in [0.05, 0.1) is 16.9 Å². The Morgan fingerprint density at radius 3 is 2.83 bits per heavy atom. The molecule has 0 saturated heterocycles. The van der Waals surface area contributed by atoms with Crippen molar-refractivity contribution in [3.05, 3.63) is 77.6 Å². The molecule has 0 radical (unpaired) electrons. The molecule has 0 aliphatic heterocycles. The Kier molecular flexibility index (Phi) is 3.33. The Morgan fingerprint density at radius 2 is 2.00 bits per heavy atom. The van der Waals surface area contributed by atoms with Crippen molar-refractivity contribution < 1.29 is 9.51 Å². The summed E-state index contributed by atoms with van der Waals surface area (Å²) < 4.78 is 3.42. The highest BCUT2D eigenvalue weighted by atomic mass is 35.5. The second-order valence-electron chi connectivity index (χ2n) is 5.13. The van der Waals surface area contributed by atoms with Gasteiger partial charge in [-0.25, -0.2) is 9.67 Å². The number of halogens is 1. The van der Waals surface area contributed by atoms with Crippen LogP contribution in [0.1, 0.15) is 17.5 Å². The maximum absolute atomic E-state index is 10.7. The molecule has 0 aliphatic rings.